The van der Waals surface area contributed by atoms with E-state index in [4.69, 9.17) is 0 Å². The van der Waals surface area contributed by atoms with Crippen LogP contribution < -0.4 is 10.2 Å². The van der Waals surface area contributed by atoms with Gasteiger partial charge in [-0.15, -0.1) is 0 Å². The predicted molar refractivity (Wildman–Crippen MR) is 107 cm³/mol. The average Bonchev–Trinajstić information content (AvgIpc) is 3.09. The minimum absolute atomic E-state index is 0.0384. The highest BCUT2D eigenvalue weighted by molar-refractivity contribution is 6.04. The number of nitro groups is 1. The SMILES string of the molecule is CCc1cccc(CC)c1N1C[C@@H](C(=O)Nc2ccc([N+](=O)[O-])cc2)CC1=O. The van der Waals surface area contributed by atoms with Gasteiger partial charge in [0, 0.05) is 36.5 Å². The van der Waals surface area contributed by atoms with Gasteiger partial charge in [0.15, 0.2) is 0 Å². The Bertz CT molecular complexity index is 886. The highest BCUT2D eigenvalue weighted by Gasteiger charge is 2.36. The smallest absolute Gasteiger partial charge is 0.269 e. The summed E-state index contributed by atoms with van der Waals surface area (Å²) in [6, 6.07) is 11.7. The molecule has 1 aliphatic rings. The monoisotopic (exact) mass is 381 g/mol. The molecule has 1 saturated heterocycles. The van der Waals surface area contributed by atoms with E-state index in [0.717, 1.165) is 29.7 Å². The molecule has 7 nitrogen and oxygen atoms in total. The Kier molecular flexibility index (Phi) is 5.73. The Labute approximate surface area is 163 Å². The van der Waals surface area contributed by atoms with Crippen LogP contribution in [0.3, 0.4) is 0 Å². The van der Waals surface area contributed by atoms with Crippen LogP contribution in [-0.2, 0) is 22.4 Å². The maximum atomic E-state index is 12.7. The third-order valence-corrected chi connectivity index (χ3v) is 5.08. The third-order valence-electron chi connectivity index (χ3n) is 5.08. The second-order valence-electron chi connectivity index (χ2n) is 6.83. The zero-order valence-corrected chi connectivity index (χ0v) is 16.0. The molecule has 0 radical (unpaired) electrons. The number of nitrogens with zero attached hydrogens (tertiary/aromatic N) is 2. The summed E-state index contributed by atoms with van der Waals surface area (Å²) >= 11 is 0. The maximum absolute atomic E-state index is 12.7. The number of hydrogen-bond acceptors (Lipinski definition) is 4. The van der Waals surface area contributed by atoms with Gasteiger partial charge in [0.05, 0.1) is 10.8 Å². The second kappa shape index (κ2) is 8.21. The van der Waals surface area contributed by atoms with Gasteiger partial charge in [0.2, 0.25) is 11.8 Å². The van der Waals surface area contributed by atoms with Crippen molar-refractivity contribution in [1.29, 1.82) is 0 Å². The first-order chi connectivity index (χ1) is 13.4. The Morgan fingerprint density at radius 2 is 1.75 bits per heavy atom. The molecule has 28 heavy (non-hydrogen) atoms. The third kappa shape index (κ3) is 3.88. The molecule has 1 aliphatic heterocycles. The minimum Gasteiger partial charge on any atom is -0.326 e. The van der Waals surface area contributed by atoms with Crippen LogP contribution in [0, 0.1) is 16.0 Å². The summed E-state index contributed by atoms with van der Waals surface area (Å²) in [5.41, 5.74) is 3.57. The number of benzene rings is 2. The lowest BCUT2D eigenvalue weighted by atomic mass is 10.0. The molecular weight excluding hydrogens is 358 g/mol. The second-order valence-corrected chi connectivity index (χ2v) is 6.83. The number of aryl methyl sites for hydroxylation is 2. The first-order valence-corrected chi connectivity index (χ1v) is 9.41. The van der Waals surface area contributed by atoms with E-state index in [1.807, 2.05) is 18.2 Å². The molecule has 1 heterocycles. The Morgan fingerprint density at radius 1 is 1.14 bits per heavy atom. The van der Waals surface area contributed by atoms with Crippen molar-refractivity contribution in [3.8, 4) is 0 Å². The number of non-ortho nitro benzene ring substituents is 1. The molecule has 146 valence electrons. The van der Waals surface area contributed by atoms with Crippen LogP contribution in [0.1, 0.15) is 31.4 Å². The Balaban J connectivity index is 1.76. The summed E-state index contributed by atoms with van der Waals surface area (Å²) in [6.07, 6.45) is 1.78. The molecule has 0 spiro atoms. The Morgan fingerprint density at radius 3 is 2.29 bits per heavy atom. The fraction of sp³-hybridized carbons (Fsp3) is 0.333. The number of hydrogen-bond donors (Lipinski definition) is 1. The zero-order chi connectivity index (χ0) is 20.3. The van der Waals surface area contributed by atoms with Gasteiger partial charge in [0.25, 0.3) is 5.69 Å². The number of carbonyl (C=O) groups is 2. The topological polar surface area (TPSA) is 92.6 Å². The van der Waals surface area contributed by atoms with Gasteiger partial charge in [-0.3, -0.25) is 19.7 Å². The van der Waals surface area contributed by atoms with E-state index in [2.05, 4.69) is 19.2 Å². The van der Waals surface area contributed by atoms with Crippen LogP contribution in [0.5, 0.6) is 0 Å². The summed E-state index contributed by atoms with van der Waals surface area (Å²) in [6.45, 7) is 4.44. The van der Waals surface area contributed by atoms with Crippen LogP contribution in [0.25, 0.3) is 0 Å². The summed E-state index contributed by atoms with van der Waals surface area (Å²) < 4.78 is 0. The lowest BCUT2D eigenvalue weighted by Crippen LogP contribution is -2.29. The number of rotatable bonds is 6. The molecule has 2 aromatic carbocycles. The summed E-state index contributed by atoms with van der Waals surface area (Å²) in [7, 11) is 0. The van der Waals surface area contributed by atoms with Crippen molar-refractivity contribution in [3.63, 3.8) is 0 Å². The van der Waals surface area contributed by atoms with E-state index in [1.165, 1.54) is 24.3 Å². The minimum atomic E-state index is -0.490. The lowest BCUT2D eigenvalue weighted by Gasteiger charge is -2.23. The number of nitro benzene ring substituents is 1. The van der Waals surface area contributed by atoms with Crippen molar-refractivity contribution in [2.75, 3.05) is 16.8 Å². The van der Waals surface area contributed by atoms with Crippen LogP contribution >= 0.6 is 0 Å². The summed E-state index contributed by atoms with van der Waals surface area (Å²) in [4.78, 5) is 37.3. The van der Waals surface area contributed by atoms with Crippen molar-refractivity contribution >= 4 is 28.9 Å². The number of anilines is 2. The zero-order valence-electron chi connectivity index (χ0n) is 16.0. The highest BCUT2D eigenvalue weighted by atomic mass is 16.6. The molecule has 0 saturated carbocycles. The Hall–Kier alpha value is -3.22. The highest BCUT2D eigenvalue weighted by Crippen LogP contribution is 2.32. The fourth-order valence-electron chi connectivity index (χ4n) is 3.57. The molecule has 0 bridgehead atoms. The number of carbonyl (C=O) groups excluding carboxylic acids is 2. The standard InChI is InChI=1S/C21H23N3O4/c1-3-14-6-5-7-15(4-2)20(14)23-13-16(12-19(23)25)21(26)22-17-8-10-18(11-9-17)24(27)28/h5-11,16H,3-4,12-13H2,1-2H3,(H,22,26)/t16-/m0/s1. The van der Waals surface area contributed by atoms with E-state index in [9.17, 15) is 19.7 Å². The average molecular weight is 381 g/mol. The van der Waals surface area contributed by atoms with Crippen LogP contribution in [-0.4, -0.2) is 23.3 Å². The van der Waals surface area contributed by atoms with Crippen molar-refractivity contribution in [2.45, 2.75) is 33.1 Å². The summed E-state index contributed by atoms with van der Waals surface area (Å²) in [5.74, 6) is -0.770. The largest absolute Gasteiger partial charge is 0.326 e. The molecule has 0 aliphatic carbocycles. The molecule has 0 aromatic heterocycles. The van der Waals surface area contributed by atoms with Crippen molar-refractivity contribution < 1.29 is 14.5 Å². The van der Waals surface area contributed by atoms with Gasteiger partial charge in [-0.05, 0) is 36.1 Å². The van der Waals surface area contributed by atoms with Gasteiger partial charge in [-0.25, -0.2) is 0 Å². The normalized spacial score (nSPS) is 16.3. The van der Waals surface area contributed by atoms with Crippen LogP contribution in [0.2, 0.25) is 0 Å². The fourth-order valence-corrected chi connectivity index (χ4v) is 3.57. The molecule has 7 heteroatoms. The van der Waals surface area contributed by atoms with Crippen LogP contribution in [0.4, 0.5) is 17.1 Å². The van der Waals surface area contributed by atoms with Gasteiger partial charge >= 0.3 is 0 Å². The molecule has 1 N–H and O–H groups in total. The van der Waals surface area contributed by atoms with Gasteiger partial charge in [0.1, 0.15) is 0 Å². The van der Waals surface area contributed by atoms with Crippen molar-refractivity contribution in [1.82, 2.24) is 0 Å². The van der Waals surface area contributed by atoms with Gasteiger partial charge in [-0.1, -0.05) is 32.0 Å². The van der Waals surface area contributed by atoms with Crippen LogP contribution in [0.15, 0.2) is 42.5 Å². The first kappa shape index (κ1) is 19.5. The van der Waals surface area contributed by atoms with E-state index < -0.39 is 10.8 Å². The van der Waals surface area contributed by atoms with E-state index >= 15 is 0 Å². The van der Waals surface area contributed by atoms with E-state index in [-0.39, 0.29) is 23.9 Å². The number of amides is 2. The molecule has 0 unspecified atom stereocenters. The maximum Gasteiger partial charge on any atom is 0.269 e. The quantitative estimate of drug-likeness (QED) is 0.610. The predicted octanol–water partition coefficient (Wildman–Crippen LogP) is 3.71. The summed E-state index contributed by atoms with van der Waals surface area (Å²) in [5, 5.41) is 13.5. The van der Waals surface area contributed by atoms with E-state index in [0.29, 0.717) is 12.2 Å². The van der Waals surface area contributed by atoms with E-state index in [1.54, 1.807) is 4.90 Å². The molecule has 1 fully saturated rings. The number of para-hydroxylation sites is 1. The molecule has 1 atom stereocenters. The number of nitrogens with one attached hydrogen (secondary N) is 1. The molecule has 3 rings (SSSR count). The molecule has 2 aromatic rings. The van der Waals surface area contributed by atoms with Gasteiger partial charge in [-0.2, -0.15) is 0 Å². The lowest BCUT2D eigenvalue weighted by molar-refractivity contribution is -0.384. The molecule has 2 amide bonds. The molecular formula is C21H23N3O4. The van der Waals surface area contributed by atoms with Crippen molar-refractivity contribution in [2.24, 2.45) is 5.92 Å². The van der Waals surface area contributed by atoms with Crippen molar-refractivity contribution in [3.05, 3.63) is 63.7 Å². The first-order valence-electron chi connectivity index (χ1n) is 9.41. The van der Waals surface area contributed by atoms with Gasteiger partial charge < -0.3 is 10.2 Å².